The lowest BCUT2D eigenvalue weighted by molar-refractivity contribution is -0.117. The highest BCUT2D eigenvalue weighted by molar-refractivity contribution is 5.95. The number of aromatic amines is 1. The third-order valence-electron chi connectivity index (χ3n) is 3.37. The molecule has 0 saturated carbocycles. The summed E-state index contributed by atoms with van der Waals surface area (Å²) in [5, 5.41) is 16.6. The SMILES string of the molecule is Cl.NC(Cc1ccccc1)C(=O)Nc1cccc(-c2nn[nH]n2)c1. The second-order valence-corrected chi connectivity index (χ2v) is 5.10. The number of hydrogen-bond acceptors (Lipinski definition) is 5. The Kier molecular flexibility index (Phi) is 6.00. The molecule has 0 aliphatic rings. The van der Waals surface area contributed by atoms with Crippen molar-refractivity contribution in [1.82, 2.24) is 20.6 Å². The first-order chi connectivity index (χ1) is 11.2. The summed E-state index contributed by atoms with van der Waals surface area (Å²) in [7, 11) is 0. The molecule has 3 aromatic rings. The van der Waals surface area contributed by atoms with E-state index in [0.717, 1.165) is 11.1 Å². The van der Waals surface area contributed by atoms with Crippen molar-refractivity contribution in [3.63, 3.8) is 0 Å². The van der Waals surface area contributed by atoms with Gasteiger partial charge in [0.25, 0.3) is 0 Å². The first-order valence-corrected chi connectivity index (χ1v) is 7.16. The lowest BCUT2D eigenvalue weighted by Crippen LogP contribution is -2.37. The van der Waals surface area contributed by atoms with E-state index in [9.17, 15) is 4.79 Å². The van der Waals surface area contributed by atoms with Crippen LogP contribution in [0.1, 0.15) is 5.56 Å². The van der Waals surface area contributed by atoms with Crippen molar-refractivity contribution in [2.45, 2.75) is 12.5 Å². The lowest BCUT2D eigenvalue weighted by Gasteiger charge is -2.12. The zero-order valence-electron chi connectivity index (χ0n) is 12.7. The number of tetrazole rings is 1. The second-order valence-electron chi connectivity index (χ2n) is 5.10. The lowest BCUT2D eigenvalue weighted by atomic mass is 10.1. The molecule has 1 aromatic heterocycles. The second kappa shape index (κ2) is 8.19. The Morgan fingerprint density at radius 2 is 1.96 bits per heavy atom. The highest BCUT2D eigenvalue weighted by Gasteiger charge is 2.14. The van der Waals surface area contributed by atoms with Gasteiger partial charge in [0.05, 0.1) is 6.04 Å². The van der Waals surface area contributed by atoms with E-state index in [4.69, 9.17) is 5.73 Å². The number of aromatic nitrogens is 4. The molecule has 1 atom stereocenters. The molecule has 0 radical (unpaired) electrons. The fourth-order valence-corrected chi connectivity index (χ4v) is 2.22. The molecule has 0 spiro atoms. The van der Waals surface area contributed by atoms with E-state index >= 15 is 0 Å². The van der Waals surface area contributed by atoms with Crippen LogP contribution < -0.4 is 11.1 Å². The van der Waals surface area contributed by atoms with Gasteiger partial charge in [0, 0.05) is 11.3 Å². The minimum atomic E-state index is -0.619. The van der Waals surface area contributed by atoms with E-state index in [1.807, 2.05) is 42.5 Å². The van der Waals surface area contributed by atoms with Gasteiger partial charge in [-0.2, -0.15) is 5.21 Å². The summed E-state index contributed by atoms with van der Waals surface area (Å²) < 4.78 is 0. The molecule has 0 bridgehead atoms. The highest BCUT2D eigenvalue weighted by atomic mass is 35.5. The monoisotopic (exact) mass is 344 g/mol. The third kappa shape index (κ3) is 4.37. The number of rotatable bonds is 5. The topological polar surface area (TPSA) is 110 Å². The van der Waals surface area contributed by atoms with E-state index in [0.29, 0.717) is 17.9 Å². The molecule has 0 fully saturated rings. The van der Waals surface area contributed by atoms with Gasteiger partial charge >= 0.3 is 0 Å². The molecule has 0 aliphatic heterocycles. The molecular formula is C16H17ClN6O. The molecule has 2 aromatic carbocycles. The van der Waals surface area contributed by atoms with Crippen LogP contribution in [0.3, 0.4) is 0 Å². The average molecular weight is 345 g/mol. The predicted octanol–water partition coefficient (Wildman–Crippen LogP) is 1.80. The number of benzene rings is 2. The number of amides is 1. The van der Waals surface area contributed by atoms with Crippen molar-refractivity contribution in [3.05, 3.63) is 60.2 Å². The summed E-state index contributed by atoms with van der Waals surface area (Å²) in [4.78, 5) is 12.2. The summed E-state index contributed by atoms with van der Waals surface area (Å²) >= 11 is 0. The Hall–Kier alpha value is -2.77. The summed E-state index contributed by atoms with van der Waals surface area (Å²) in [6.07, 6.45) is 0.483. The smallest absolute Gasteiger partial charge is 0.241 e. The molecule has 8 heteroatoms. The summed E-state index contributed by atoms with van der Waals surface area (Å²) in [5.74, 6) is 0.230. The number of halogens is 1. The Morgan fingerprint density at radius 1 is 1.17 bits per heavy atom. The van der Waals surface area contributed by atoms with Gasteiger partial charge in [-0.25, -0.2) is 0 Å². The van der Waals surface area contributed by atoms with Crippen LogP contribution >= 0.6 is 12.4 Å². The van der Waals surface area contributed by atoms with Gasteiger partial charge in [0.2, 0.25) is 11.7 Å². The van der Waals surface area contributed by atoms with E-state index < -0.39 is 6.04 Å². The van der Waals surface area contributed by atoms with Crippen molar-refractivity contribution in [2.24, 2.45) is 5.73 Å². The van der Waals surface area contributed by atoms with Crippen molar-refractivity contribution in [3.8, 4) is 11.4 Å². The number of nitrogens with one attached hydrogen (secondary N) is 2. The molecule has 1 amide bonds. The summed E-state index contributed by atoms with van der Waals surface area (Å²) in [6.45, 7) is 0. The first-order valence-electron chi connectivity index (χ1n) is 7.16. The standard InChI is InChI=1S/C16H16N6O.ClH/c17-14(9-11-5-2-1-3-6-11)16(23)18-13-8-4-7-12(10-13)15-19-21-22-20-15;/h1-8,10,14H,9,17H2,(H,18,23)(H,19,20,21,22);1H. The zero-order chi connectivity index (χ0) is 16.1. The van der Waals surface area contributed by atoms with Crippen LogP contribution in [0.5, 0.6) is 0 Å². The molecule has 0 saturated heterocycles. The molecular weight excluding hydrogens is 328 g/mol. The average Bonchev–Trinajstić information content (AvgIpc) is 3.10. The van der Waals surface area contributed by atoms with Gasteiger partial charge in [-0.05, 0) is 29.3 Å². The van der Waals surface area contributed by atoms with Gasteiger partial charge < -0.3 is 11.1 Å². The normalized spacial score (nSPS) is 11.4. The largest absolute Gasteiger partial charge is 0.325 e. The number of hydrogen-bond donors (Lipinski definition) is 3. The zero-order valence-corrected chi connectivity index (χ0v) is 13.5. The Morgan fingerprint density at radius 3 is 2.67 bits per heavy atom. The quantitative estimate of drug-likeness (QED) is 0.653. The van der Waals surface area contributed by atoms with Crippen molar-refractivity contribution >= 4 is 24.0 Å². The fourth-order valence-electron chi connectivity index (χ4n) is 2.22. The van der Waals surface area contributed by atoms with Crippen LogP contribution in [0.4, 0.5) is 5.69 Å². The molecule has 1 heterocycles. The molecule has 7 nitrogen and oxygen atoms in total. The maximum Gasteiger partial charge on any atom is 0.241 e. The van der Waals surface area contributed by atoms with Crippen molar-refractivity contribution in [1.29, 1.82) is 0 Å². The van der Waals surface area contributed by atoms with Crippen molar-refractivity contribution < 1.29 is 4.79 Å². The molecule has 124 valence electrons. The maximum absolute atomic E-state index is 12.2. The Labute approximate surface area is 145 Å². The molecule has 1 unspecified atom stereocenters. The Balaban J connectivity index is 0.00000208. The van der Waals surface area contributed by atoms with Gasteiger partial charge in [0.1, 0.15) is 0 Å². The van der Waals surface area contributed by atoms with E-state index in [-0.39, 0.29) is 18.3 Å². The van der Waals surface area contributed by atoms with Crippen LogP contribution in [0.25, 0.3) is 11.4 Å². The number of carbonyl (C=O) groups excluding carboxylic acids is 1. The van der Waals surface area contributed by atoms with E-state index in [2.05, 4.69) is 25.9 Å². The molecule has 24 heavy (non-hydrogen) atoms. The van der Waals surface area contributed by atoms with Crippen LogP contribution in [0.2, 0.25) is 0 Å². The maximum atomic E-state index is 12.2. The Bertz CT molecular complexity index is 778. The van der Waals surface area contributed by atoms with E-state index in [1.165, 1.54) is 0 Å². The van der Waals surface area contributed by atoms with Gasteiger partial charge in [-0.15, -0.1) is 22.6 Å². The van der Waals surface area contributed by atoms with Gasteiger partial charge in [0.15, 0.2) is 0 Å². The number of nitrogens with zero attached hydrogens (tertiary/aromatic N) is 3. The van der Waals surface area contributed by atoms with Crippen LogP contribution in [0, 0.1) is 0 Å². The molecule has 3 rings (SSSR count). The van der Waals surface area contributed by atoms with Crippen LogP contribution in [-0.2, 0) is 11.2 Å². The minimum absolute atomic E-state index is 0. The summed E-state index contributed by atoms with van der Waals surface area (Å²) in [6, 6.07) is 16.3. The number of carbonyl (C=O) groups is 1. The minimum Gasteiger partial charge on any atom is -0.325 e. The van der Waals surface area contributed by atoms with Gasteiger partial charge in [-0.1, -0.05) is 42.5 Å². The van der Waals surface area contributed by atoms with Crippen LogP contribution in [0.15, 0.2) is 54.6 Å². The molecule has 4 N–H and O–H groups in total. The number of nitrogens with two attached hydrogens (primary N) is 1. The number of H-pyrrole nitrogens is 1. The third-order valence-corrected chi connectivity index (χ3v) is 3.37. The van der Waals surface area contributed by atoms with E-state index in [1.54, 1.807) is 12.1 Å². The fraction of sp³-hybridized carbons (Fsp3) is 0.125. The summed E-state index contributed by atoms with van der Waals surface area (Å²) in [5.41, 5.74) is 8.40. The van der Waals surface area contributed by atoms with Crippen molar-refractivity contribution in [2.75, 3.05) is 5.32 Å². The first kappa shape index (κ1) is 17.6. The highest BCUT2D eigenvalue weighted by Crippen LogP contribution is 2.18. The van der Waals surface area contributed by atoms with Gasteiger partial charge in [-0.3, -0.25) is 4.79 Å². The van der Waals surface area contributed by atoms with Crippen LogP contribution in [-0.4, -0.2) is 32.6 Å². The molecule has 0 aliphatic carbocycles. The predicted molar refractivity (Wildman–Crippen MR) is 93.6 cm³/mol. The number of anilines is 1.